The Kier molecular flexibility index (Phi) is 7.43. The molecule has 2 aromatic carbocycles. The number of esters is 1. The van der Waals surface area contributed by atoms with Crippen molar-refractivity contribution in [3.05, 3.63) is 54.1 Å². The number of amides is 2. The van der Waals surface area contributed by atoms with Crippen molar-refractivity contribution in [1.29, 1.82) is 5.41 Å². The molecule has 2 aromatic rings. The molecule has 2 amide bonds. The molecule has 1 aliphatic heterocycles. The number of alkyl carbamates (subject to hydrolysis) is 1. The largest absolute Gasteiger partial charge is 0.491 e. The van der Waals surface area contributed by atoms with E-state index in [4.69, 9.17) is 10.1 Å². The third-order valence-corrected chi connectivity index (χ3v) is 5.15. The Bertz CT molecular complexity index is 988. The van der Waals surface area contributed by atoms with Gasteiger partial charge in [0.1, 0.15) is 18.2 Å². The van der Waals surface area contributed by atoms with E-state index in [2.05, 4.69) is 20.1 Å². The van der Waals surface area contributed by atoms with E-state index in [-0.39, 0.29) is 30.1 Å². The van der Waals surface area contributed by atoms with Crippen LogP contribution < -0.4 is 15.4 Å². The number of hydrogen-bond donors (Lipinski definition) is 3. The second-order valence-corrected chi connectivity index (χ2v) is 7.32. The van der Waals surface area contributed by atoms with E-state index >= 15 is 0 Å². The first-order chi connectivity index (χ1) is 15.4. The van der Waals surface area contributed by atoms with Gasteiger partial charge in [0.15, 0.2) is 0 Å². The van der Waals surface area contributed by atoms with E-state index in [1.54, 1.807) is 12.1 Å². The van der Waals surface area contributed by atoms with E-state index in [1.807, 2.05) is 36.4 Å². The Hall–Kier alpha value is -3.88. The molecule has 0 saturated carbocycles. The molecular formula is C23H25N3O6. The lowest BCUT2D eigenvalue weighted by atomic mass is 10.0. The SMILES string of the molecule is COC(=O)C[C@H]1C[C@H](COc2ccc(-c3ccc(C(=N)NC(=O)OC)cc3)cc2)NC1=O. The van der Waals surface area contributed by atoms with E-state index in [9.17, 15) is 14.4 Å². The van der Waals surface area contributed by atoms with E-state index in [0.29, 0.717) is 24.3 Å². The third kappa shape index (κ3) is 5.84. The van der Waals surface area contributed by atoms with Gasteiger partial charge in [0, 0.05) is 5.56 Å². The summed E-state index contributed by atoms with van der Waals surface area (Å²) in [6.07, 6.45) is -0.0891. The molecule has 1 saturated heterocycles. The van der Waals surface area contributed by atoms with Crippen molar-refractivity contribution in [2.45, 2.75) is 18.9 Å². The topological polar surface area (TPSA) is 127 Å². The zero-order valence-corrected chi connectivity index (χ0v) is 17.8. The molecule has 9 nitrogen and oxygen atoms in total. The van der Waals surface area contributed by atoms with Crippen LogP contribution in [0.4, 0.5) is 4.79 Å². The summed E-state index contributed by atoms with van der Waals surface area (Å²) >= 11 is 0. The molecule has 0 aromatic heterocycles. The molecule has 9 heteroatoms. The first-order valence-electron chi connectivity index (χ1n) is 10.0. The van der Waals surface area contributed by atoms with Crippen LogP contribution in [0.5, 0.6) is 5.75 Å². The third-order valence-electron chi connectivity index (χ3n) is 5.15. The van der Waals surface area contributed by atoms with Crippen LogP contribution in [-0.2, 0) is 19.1 Å². The van der Waals surface area contributed by atoms with Crippen molar-refractivity contribution in [3.63, 3.8) is 0 Å². The average Bonchev–Trinajstić information content (AvgIpc) is 3.16. The number of benzene rings is 2. The van der Waals surface area contributed by atoms with Crippen LogP contribution in [-0.4, -0.2) is 50.7 Å². The minimum atomic E-state index is -0.689. The van der Waals surface area contributed by atoms with Crippen molar-refractivity contribution >= 4 is 23.8 Å². The standard InChI is InChI=1S/C23H25N3O6/c1-30-20(27)12-17-11-18(25-22(17)28)13-32-19-9-7-15(8-10-19)14-3-5-16(6-4-14)21(24)26-23(29)31-2/h3-10,17-18H,11-13H2,1-2H3,(H,25,28)(H2,24,26,29)/t17-,18-/m1/s1. The minimum Gasteiger partial charge on any atom is -0.491 e. The molecule has 0 spiro atoms. The first-order valence-corrected chi connectivity index (χ1v) is 10.0. The van der Waals surface area contributed by atoms with E-state index < -0.39 is 12.1 Å². The highest BCUT2D eigenvalue weighted by Gasteiger charge is 2.34. The Morgan fingerprint density at radius 2 is 1.66 bits per heavy atom. The number of methoxy groups -OCH3 is 2. The van der Waals surface area contributed by atoms with Crippen LogP contribution in [0.3, 0.4) is 0 Å². The van der Waals surface area contributed by atoms with Gasteiger partial charge >= 0.3 is 12.1 Å². The maximum absolute atomic E-state index is 12.0. The molecular weight excluding hydrogens is 414 g/mol. The normalized spacial score (nSPS) is 17.2. The molecule has 1 aliphatic rings. The molecule has 1 fully saturated rings. The molecule has 0 unspecified atom stereocenters. The van der Waals surface area contributed by atoms with Crippen molar-refractivity contribution in [2.75, 3.05) is 20.8 Å². The maximum Gasteiger partial charge on any atom is 0.412 e. The average molecular weight is 439 g/mol. The molecule has 0 aliphatic carbocycles. The van der Waals surface area contributed by atoms with Crippen LogP contribution in [0.15, 0.2) is 48.5 Å². The Balaban J connectivity index is 1.53. The summed E-state index contributed by atoms with van der Waals surface area (Å²) in [4.78, 5) is 34.6. The summed E-state index contributed by atoms with van der Waals surface area (Å²) in [5.74, 6) is -0.310. The number of amidine groups is 1. The lowest BCUT2D eigenvalue weighted by Gasteiger charge is -2.12. The monoisotopic (exact) mass is 439 g/mol. The van der Waals surface area contributed by atoms with Gasteiger partial charge in [-0.25, -0.2) is 4.79 Å². The van der Waals surface area contributed by atoms with Gasteiger partial charge in [0.2, 0.25) is 5.91 Å². The predicted octanol–water partition coefficient (Wildman–Crippen LogP) is 2.48. The molecule has 168 valence electrons. The molecule has 0 bridgehead atoms. The molecule has 1 heterocycles. The highest BCUT2D eigenvalue weighted by atomic mass is 16.5. The molecule has 3 rings (SSSR count). The quantitative estimate of drug-likeness (QED) is 0.346. The summed E-state index contributed by atoms with van der Waals surface area (Å²) in [6, 6.07) is 14.5. The van der Waals surface area contributed by atoms with Crippen LogP contribution in [0.2, 0.25) is 0 Å². The lowest BCUT2D eigenvalue weighted by molar-refractivity contribution is -0.143. The first kappa shape index (κ1) is 22.8. The summed E-state index contributed by atoms with van der Waals surface area (Å²) in [5, 5.41) is 13.0. The van der Waals surface area contributed by atoms with Gasteiger partial charge in [-0.15, -0.1) is 0 Å². The fraction of sp³-hybridized carbons (Fsp3) is 0.304. The number of carbonyl (C=O) groups excluding carboxylic acids is 3. The van der Waals surface area contributed by atoms with E-state index in [0.717, 1.165) is 11.1 Å². The van der Waals surface area contributed by atoms with Crippen molar-refractivity contribution in [1.82, 2.24) is 10.6 Å². The van der Waals surface area contributed by atoms with Gasteiger partial charge in [-0.05, 0) is 29.7 Å². The Labute approximate surface area is 185 Å². The molecule has 3 N–H and O–H groups in total. The fourth-order valence-corrected chi connectivity index (χ4v) is 3.39. The fourth-order valence-electron chi connectivity index (χ4n) is 3.39. The zero-order chi connectivity index (χ0) is 23.1. The number of nitrogens with one attached hydrogen (secondary N) is 3. The molecule has 0 radical (unpaired) electrons. The molecule has 32 heavy (non-hydrogen) atoms. The second kappa shape index (κ2) is 10.4. The Morgan fingerprint density at radius 1 is 1.03 bits per heavy atom. The van der Waals surface area contributed by atoms with Crippen LogP contribution in [0, 0.1) is 11.3 Å². The number of ether oxygens (including phenoxy) is 3. The van der Waals surface area contributed by atoms with E-state index in [1.165, 1.54) is 14.2 Å². The lowest BCUT2D eigenvalue weighted by Crippen LogP contribution is -2.31. The minimum absolute atomic E-state index is 0.0417. The number of carbonyl (C=O) groups is 3. The van der Waals surface area contributed by atoms with Crippen LogP contribution in [0.1, 0.15) is 18.4 Å². The zero-order valence-electron chi connectivity index (χ0n) is 17.8. The highest BCUT2D eigenvalue weighted by molar-refractivity contribution is 6.04. The summed E-state index contributed by atoms with van der Waals surface area (Å²) in [7, 11) is 2.55. The van der Waals surface area contributed by atoms with Crippen molar-refractivity contribution in [3.8, 4) is 16.9 Å². The van der Waals surface area contributed by atoms with Gasteiger partial charge in [-0.2, -0.15) is 0 Å². The Morgan fingerprint density at radius 3 is 2.25 bits per heavy atom. The molecule has 2 atom stereocenters. The van der Waals surface area contributed by atoms with Crippen molar-refractivity contribution in [2.24, 2.45) is 5.92 Å². The number of rotatable bonds is 7. The van der Waals surface area contributed by atoms with Gasteiger partial charge in [0.05, 0.1) is 32.6 Å². The van der Waals surface area contributed by atoms with Crippen LogP contribution in [0.25, 0.3) is 11.1 Å². The second-order valence-electron chi connectivity index (χ2n) is 7.32. The van der Waals surface area contributed by atoms with Gasteiger partial charge in [-0.1, -0.05) is 36.4 Å². The highest BCUT2D eigenvalue weighted by Crippen LogP contribution is 2.24. The van der Waals surface area contributed by atoms with Gasteiger partial charge < -0.3 is 19.5 Å². The van der Waals surface area contributed by atoms with Gasteiger partial charge in [-0.3, -0.25) is 20.3 Å². The smallest absolute Gasteiger partial charge is 0.412 e. The van der Waals surface area contributed by atoms with Crippen LogP contribution >= 0.6 is 0 Å². The van der Waals surface area contributed by atoms with Crippen molar-refractivity contribution < 1.29 is 28.6 Å². The summed E-state index contributed by atoms with van der Waals surface area (Å²) in [6.45, 7) is 0.312. The predicted molar refractivity (Wildman–Crippen MR) is 116 cm³/mol. The number of hydrogen-bond acceptors (Lipinski definition) is 7. The summed E-state index contributed by atoms with van der Waals surface area (Å²) in [5.41, 5.74) is 2.46. The maximum atomic E-state index is 12.0. The summed E-state index contributed by atoms with van der Waals surface area (Å²) < 4.78 is 14.9. The van der Waals surface area contributed by atoms with Gasteiger partial charge in [0.25, 0.3) is 0 Å².